The van der Waals surface area contributed by atoms with Gasteiger partial charge in [0.1, 0.15) is 0 Å². The molecule has 1 atom stereocenters. The lowest BCUT2D eigenvalue weighted by atomic mass is 9.83. The third-order valence-corrected chi connectivity index (χ3v) is 5.82. The molecule has 3 heterocycles. The number of hydrogen-bond acceptors (Lipinski definition) is 3. The third-order valence-electron chi connectivity index (χ3n) is 5.82. The van der Waals surface area contributed by atoms with E-state index in [1.165, 1.54) is 0 Å². The molecule has 3 aliphatic rings. The van der Waals surface area contributed by atoms with Crippen molar-refractivity contribution in [2.75, 3.05) is 36.1 Å². The van der Waals surface area contributed by atoms with Crippen LogP contribution in [0.25, 0.3) is 5.57 Å². The number of benzene rings is 2. The highest BCUT2D eigenvalue weighted by atomic mass is 16.5. The van der Waals surface area contributed by atoms with Crippen LogP contribution in [-0.2, 0) is 10.3 Å². The second kappa shape index (κ2) is 4.96. The van der Waals surface area contributed by atoms with Crippen LogP contribution in [0.2, 0.25) is 0 Å². The molecule has 126 valence electrons. The average Bonchev–Trinajstić information content (AvgIpc) is 3.03. The molecule has 0 spiro atoms. The van der Waals surface area contributed by atoms with Gasteiger partial charge in [0.25, 0.3) is 5.91 Å². The first-order valence-corrected chi connectivity index (χ1v) is 8.73. The maximum Gasteiger partial charge on any atom is 0.259 e. The van der Waals surface area contributed by atoms with E-state index in [2.05, 4.69) is 30.5 Å². The summed E-state index contributed by atoms with van der Waals surface area (Å²) in [5, 5.41) is 0. The van der Waals surface area contributed by atoms with Gasteiger partial charge in [0.2, 0.25) is 0 Å². The van der Waals surface area contributed by atoms with Crippen LogP contribution in [0.15, 0.2) is 49.0 Å². The molecule has 0 unspecified atom stereocenters. The number of para-hydroxylation sites is 1. The second-order valence-electron chi connectivity index (χ2n) is 7.01. The highest BCUT2D eigenvalue weighted by Crippen LogP contribution is 2.58. The van der Waals surface area contributed by atoms with Gasteiger partial charge in [0.15, 0.2) is 0 Å². The Morgan fingerprint density at radius 3 is 2.48 bits per heavy atom. The molecule has 5 rings (SSSR count). The fourth-order valence-corrected chi connectivity index (χ4v) is 4.56. The Hall–Kier alpha value is -2.59. The molecule has 0 radical (unpaired) electrons. The largest absolute Gasteiger partial charge is 0.378 e. The lowest BCUT2D eigenvalue weighted by Gasteiger charge is -2.36. The summed E-state index contributed by atoms with van der Waals surface area (Å²) in [7, 11) is 0. The average molecular weight is 332 g/mol. The zero-order chi connectivity index (χ0) is 17.2. The lowest BCUT2D eigenvalue weighted by molar-refractivity contribution is 0.0988. The standard InChI is InChI=1S/C21H20N2O2/c1-14-15-6-3-4-8-17(15)23-20(24)16-7-5-9-18(19(16)21(14,23)2)22-10-12-25-13-11-22/h3-9H,1,10-13H2,2H3/t21-/m1/s1. The Kier molecular flexibility index (Phi) is 2.92. The first-order valence-electron chi connectivity index (χ1n) is 8.73. The van der Waals surface area contributed by atoms with E-state index in [1.807, 2.05) is 35.2 Å². The number of nitrogens with zero attached hydrogens (tertiary/aromatic N) is 2. The smallest absolute Gasteiger partial charge is 0.259 e. The van der Waals surface area contributed by atoms with Crippen molar-refractivity contribution in [2.24, 2.45) is 0 Å². The van der Waals surface area contributed by atoms with Crippen molar-refractivity contribution in [2.45, 2.75) is 12.5 Å². The van der Waals surface area contributed by atoms with Gasteiger partial charge in [0.05, 0.1) is 24.4 Å². The monoisotopic (exact) mass is 332 g/mol. The van der Waals surface area contributed by atoms with Gasteiger partial charge in [-0.1, -0.05) is 30.8 Å². The number of ether oxygens (including phenoxy) is 1. The molecule has 0 aliphatic carbocycles. The molecule has 25 heavy (non-hydrogen) atoms. The predicted octanol–water partition coefficient (Wildman–Crippen LogP) is 3.43. The number of carbonyl (C=O) groups excluding carboxylic acids is 1. The molecule has 2 aromatic carbocycles. The van der Waals surface area contributed by atoms with Gasteiger partial charge in [-0.15, -0.1) is 0 Å². The summed E-state index contributed by atoms with van der Waals surface area (Å²) >= 11 is 0. The summed E-state index contributed by atoms with van der Waals surface area (Å²) in [5.41, 5.74) is 5.52. The molecule has 0 aromatic heterocycles. The SMILES string of the molecule is C=C1c2ccccc2N2C(=O)c3cccc(N4CCOCC4)c3[C@@]12C. The fourth-order valence-electron chi connectivity index (χ4n) is 4.56. The molecule has 2 aromatic rings. The van der Waals surface area contributed by atoms with E-state index in [0.717, 1.165) is 59.9 Å². The molecule has 1 saturated heterocycles. The second-order valence-corrected chi connectivity index (χ2v) is 7.01. The summed E-state index contributed by atoms with van der Waals surface area (Å²) in [5.74, 6) is 0.0682. The maximum atomic E-state index is 13.3. The Labute approximate surface area is 147 Å². The molecule has 0 bridgehead atoms. The first kappa shape index (κ1) is 14.7. The van der Waals surface area contributed by atoms with Crippen molar-refractivity contribution in [3.8, 4) is 0 Å². The van der Waals surface area contributed by atoms with Crippen LogP contribution in [0.1, 0.15) is 28.4 Å². The highest BCUT2D eigenvalue weighted by Gasteiger charge is 2.55. The topological polar surface area (TPSA) is 32.8 Å². The van der Waals surface area contributed by atoms with E-state index in [1.54, 1.807) is 0 Å². The number of fused-ring (bicyclic) bond motifs is 5. The van der Waals surface area contributed by atoms with Crippen molar-refractivity contribution in [3.63, 3.8) is 0 Å². The minimum atomic E-state index is -0.523. The maximum absolute atomic E-state index is 13.3. The minimum Gasteiger partial charge on any atom is -0.378 e. The van der Waals surface area contributed by atoms with Crippen molar-refractivity contribution in [1.29, 1.82) is 0 Å². The van der Waals surface area contributed by atoms with Crippen molar-refractivity contribution < 1.29 is 9.53 Å². The Balaban J connectivity index is 1.75. The van der Waals surface area contributed by atoms with E-state index in [9.17, 15) is 4.79 Å². The molecular weight excluding hydrogens is 312 g/mol. The van der Waals surface area contributed by atoms with Crippen LogP contribution in [0, 0.1) is 0 Å². The zero-order valence-electron chi connectivity index (χ0n) is 14.3. The third kappa shape index (κ3) is 1.72. The molecule has 4 nitrogen and oxygen atoms in total. The summed E-state index contributed by atoms with van der Waals surface area (Å²) < 4.78 is 5.51. The van der Waals surface area contributed by atoms with Gasteiger partial charge in [-0.05, 0) is 30.7 Å². The summed E-state index contributed by atoms with van der Waals surface area (Å²) in [4.78, 5) is 17.5. The van der Waals surface area contributed by atoms with Gasteiger partial charge >= 0.3 is 0 Å². The number of carbonyl (C=O) groups is 1. The van der Waals surface area contributed by atoms with Crippen LogP contribution >= 0.6 is 0 Å². The van der Waals surface area contributed by atoms with Crippen molar-refractivity contribution in [1.82, 2.24) is 0 Å². The van der Waals surface area contributed by atoms with Crippen molar-refractivity contribution >= 4 is 22.9 Å². The lowest BCUT2D eigenvalue weighted by Crippen LogP contribution is -2.41. The van der Waals surface area contributed by atoms with Crippen LogP contribution in [-0.4, -0.2) is 32.2 Å². The van der Waals surface area contributed by atoms with E-state index >= 15 is 0 Å². The fraction of sp³-hybridized carbons (Fsp3) is 0.286. The Bertz CT molecular complexity index is 914. The van der Waals surface area contributed by atoms with Gasteiger partial charge in [-0.2, -0.15) is 0 Å². The van der Waals surface area contributed by atoms with E-state index < -0.39 is 5.54 Å². The minimum absolute atomic E-state index is 0.0682. The van der Waals surface area contributed by atoms with Crippen LogP contribution in [0.3, 0.4) is 0 Å². The van der Waals surface area contributed by atoms with Crippen molar-refractivity contribution in [3.05, 3.63) is 65.7 Å². The normalized spacial score (nSPS) is 24.4. The number of morpholine rings is 1. The van der Waals surface area contributed by atoms with Gasteiger partial charge in [-0.3, -0.25) is 9.69 Å². The molecular formula is C21H20N2O2. The molecule has 4 heteroatoms. The Morgan fingerprint density at radius 1 is 1.00 bits per heavy atom. The molecule has 3 aliphatic heterocycles. The molecule has 0 saturated carbocycles. The number of hydrogen-bond donors (Lipinski definition) is 0. The summed E-state index contributed by atoms with van der Waals surface area (Å²) in [6, 6.07) is 14.1. The molecule has 1 fully saturated rings. The number of amides is 1. The Morgan fingerprint density at radius 2 is 1.68 bits per heavy atom. The van der Waals surface area contributed by atoms with E-state index in [0.29, 0.717) is 0 Å². The van der Waals surface area contributed by atoms with E-state index in [4.69, 9.17) is 4.74 Å². The first-order chi connectivity index (χ1) is 12.1. The molecule has 1 amide bonds. The summed E-state index contributed by atoms with van der Waals surface area (Å²) in [6.45, 7) is 9.66. The summed E-state index contributed by atoms with van der Waals surface area (Å²) in [6.07, 6.45) is 0. The predicted molar refractivity (Wildman–Crippen MR) is 99.1 cm³/mol. The van der Waals surface area contributed by atoms with Gasteiger partial charge < -0.3 is 9.64 Å². The quantitative estimate of drug-likeness (QED) is 0.802. The van der Waals surface area contributed by atoms with Crippen LogP contribution < -0.4 is 9.80 Å². The van der Waals surface area contributed by atoms with Gasteiger partial charge in [0, 0.05) is 35.5 Å². The number of anilines is 2. The van der Waals surface area contributed by atoms with E-state index in [-0.39, 0.29) is 5.91 Å². The van der Waals surface area contributed by atoms with Crippen LogP contribution in [0.4, 0.5) is 11.4 Å². The zero-order valence-corrected chi connectivity index (χ0v) is 14.3. The number of rotatable bonds is 1. The molecule has 0 N–H and O–H groups in total. The van der Waals surface area contributed by atoms with Crippen LogP contribution in [0.5, 0.6) is 0 Å². The highest BCUT2D eigenvalue weighted by molar-refractivity contribution is 6.20. The van der Waals surface area contributed by atoms with Gasteiger partial charge in [-0.25, -0.2) is 0 Å².